The predicted octanol–water partition coefficient (Wildman–Crippen LogP) is 4.70. The molecule has 0 aliphatic rings. The van der Waals surface area contributed by atoms with Gasteiger partial charge in [-0.3, -0.25) is 4.79 Å². The number of carbonyl (C=O) groups is 1. The Bertz CT molecular complexity index is 618. The van der Waals surface area contributed by atoms with Crippen LogP contribution in [0.25, 0.3) is 0 Å². The SMILES string of the molecule is CCC(=O)Oc1cccc(C(C)C)c1OCc1ccccc1. The molecule has 0 heterocycles. The van der Waals surface area contributed by atoms with Crippen molar-refractivity contribution >= 4 is 5.97 Å². The van der Waals surface area contributed by atoms with Gasteiger partial charge in [0.15, 0.2) is 11.5 Å². The van der Waals surface area contributed by atoms with Crippen LogP contribution in [0.3, 0.4) is 0 Å². The molecule has 0 bridgehead atoms. The van der Waals surface area contributed by atoms with Gasteiger partial charge in [0.05, 0.1) is 0 Å². The highest BCUT2D eigenvalue weighted by Gasteiger charge is 2.16. The molecule has 3 nitrogen and oxygen atoms in total. The van der Waals surface area contributed by atoms with Crippen molar-refractivity contribution in [3.63, 3.8) is 0 Å². The third-order valence-corrected chi connectivity index (χ3v) is 3.37. The summed E-state index contributed by atoms with van der Waals surface area (Å²) in [5.74, 6) is 1.17. The molecule has 2 aromatic carbocycles. The van der Waals surface area contributed by atoms with Crippen LogP contribution in [0.4, 0.5) is 0 Å². The van der Waals surface area contributed by atoms with Gasteiger partial charge >= 0.3 is 5.97 Å². The third kappa shape index (κ3) is 4.10. The summed E-state index contributed by atoms with van der Waals surface area (Å²) in [5, 5.41) is 0. The quantitative estimate of drug-likeness (QED) is 0.572. The predicted molar refractivity (Wildman–Crippen MR) is 87.2 cm³/mol. The van der Waals surface area contributed by atoms with Gasteiger partial charge in [-0.2, -0.15) is 0 Å². The summed E-state index contributed by atoms with van der Waals surface area (Å²) in [4.78, 5) is 11.6. The van der Waals surface area contributed by atoms with Crippen LogP contribution >= 0.6 is 0 Å². The number of esters is 1. The first kappa shape index (κ1) is 16.1. The molecule has 0 amide bonds. The molecule has 0 saturated heterocycles. The summed E-state index contributed by atoms with van der Waals surface area (Å²) < 4.78 is 11.4. The highest BCUT2D eigenvalue weighted by atomic mass is 16.6. The van der Waals surface area contributed by atoms with E-state index in [4.69, 9.17) is 9.47 Å². The first-order valence-corrected chi connectivity index (χ1v) is 7.62. The molecule has 2 rings (SSSR count). The summed E-state index contributed by atoms with van der Waals surface area (Å²) >= 11 is 0. The fourth-order valence-corrected chi connectivity index (χ4v) is 2.15. The van der Waals surface area contributed by atoms with Crippen LogP contribution in [0, 0.1) is 0 Å². The molecule has 0 N–H and O–H groups in total. The van der Waals surface area contributed by atoms with Crippen LogP contribution in [-0.2, 0) is 11.4 Å². The van der Waals surface area contributed by atoms with E-state index in [1.54, 1.807) is 13.0 Å². The Labute approximate surface area is 131 Å². The Morgan fingerprint density at radius 2 is 1.77 bits per heavy atom. The molecule has 116 valence electrons. The molecule has 0 spiro atoms. The largest absolute Gasteiger partial charge is 0.485 e. The molecule has 0 atom stereocenters. The van der Waals surface area contributed by atoms with Gasteiger partial charge in [-0.25, -0.2) is 0 Å². The number of carbonyl (C=O) groups excluding carboxylic acids is 1. The zero-order valence-corrected chi connectivity index (χ0v) is 13.3. The topological polar surface area (TPSA) is 35.5 Å². The van der Waals surface area contributed by atoms with Gasteiger partial charge in [-0.05, 0) is 17.5 Å². The Morgan fingerprint density at radius 1 is 1.05 bits per heavy atom. The fourth-order valence-electron chi connectivity index (χ4n) is 2.15. The van der Waals surface area contributed by atoms with Crippen LogP contribution in [0.2, 0.25) is 0 Å². The van der Waals surface area contributed by atoms with Gasteiger partial charge in [-0.1, -0.05) is 63.2 Å². The molecular formula is C19H22O3. The molecule has 0 aliphatic carbocycles. The number of ether oxygens (including phenoxy) is 2. The van der Waals surface area contributed by atoms with Gasteiger partial charge in [-0.15, -0.1) is 0 Å². The molecule has 0 aliphatic heterocycles. The van der Waals surface area contributed by atoms with Gasteiger partial charge in [0.25, 0.3) is 0 Å². The minimum Gasteiger partial charge on any atom is -0.485 e. The fraction of sp³-hybridized carbons (Fsp3) is 0.316. The smallest absolute Gasteiger partial charge is 0.311 e. The van der Waals surface area contributed by atoms with Gasteiger partial charge < -0.3 is 9.47 Å². The number of benzene rings is 2. The second-order valence-electron chi connectivity index (χ2n) is 5.43. The van der Waals surface area contributed by atoms with Gasteiger partial charge in [0, 0.05) is 12.0 Å². The standard InChI is InChI=1S/C19H22O3/c1-4-18(20)22-17-12-8-11-16(14(2)3)19(17)21-13-15-9-6-5-7-10-15/h5-12,14H,4,13H2,1-3H3. The van der Waals surface area contributed by atoms with Crippen molar-refractivity contribution in [3.05, 3.63) is 59.7 Å². The monoisotopic (exact) mass is 298 g/mol. The van der Waals surface area contributed by atoms with Crippen molar-refractivity contribution in [1.29, 1.82) is 0 Å². The van der Waals surface area contributed by atoms with E-state index in [1.165, 1.54) is 0 Å². The number of para-hydroxylation sites is 1. The number of hydrogen-bond acceptors (Lipinski definition) is 3. The lowest BCUT2D eigenvalue weighted by Gasteiger charge is -2.17. The highest BCUT2D eigenvalue weighted by Crippen LogP contribution is 2.36. The minimum atomic E-state index is -0.259. The first-order valence-electron chi connectivity index (χ1n) is 7.62. The molecule has 3 heteroatoms. The molecule has 0 fully saturated rings. The maximum Gasteiger partial charge on any atom is 0.311 e. The van der Waals surface area contributed by atoms with Crippen LogP contribution in [-0.4, -0.2) is 5.97 Å². The summed E-state index contributed by atoms with van der Waals surface area (Å²) in [5.41, 5.74) is 2.12. The van der Waals surface area contributed by atoms with E-state index in [0.717, 1.165) is 11.1 Å². The first-order chi connectivity index (χ1) is 10.6. The van der Waals surface area contributed by atoms with E-state index in [0.29, 0.717) is 24.5 Å². The van der Waals surface area contributed by atoms with Crippen molar-refractivity contribution in [3.8, 4) is 11.5 Å². The normalized spacial score (nSPS) is 10.5. The number of rotatable bonds is 6. The lowest BCUT2D eigenvalue weighted by atomic mass is 10.0. The van der Waals surface area contributed by atoms with Gasteiger partial charge in [0.1, 0.15) is 6.61 Å². The zero-order chi connectivity index (χ0) is 15.9. The Balaban J connectivity index is 2.27. The Morgan fingerprint density at radius 3 is 2.41 bits per heavy atom. The maximum absolute atomic E-state index is 11.6. The van der Waals surface area contributed by atoms with Crippen LogP contribution in [0.1, 0.15) is 44.2 Å². The highest BCUT2D eigenvalue weighted by molar-refractivity contribution is 5.73. The van der Waals surface area contributed by atoms with Crippen LogP contribution in [0.15, 0.2) is 48.5 Å². The number of hydrogen-bond donors (Lipinski definition) is 0. The molecule has 0 saturated carbocycles. The van der Waals surface area contributed by atoms with Crippen molar-refractivity contribution < 1.29 is 14.3 Å². The second kappa shape index (κ2) is 7.64. The lowest BCUT2D eigenvalue weighted by Crippen LogP contribution is -2.09. The van der Waals surface area contributed by atoms with Gasteiger partial charge in [0.2, 0.25) is 0 Å². The molecule has 0 unspecified atom stereocenters. The summed E-state index contributed by atoms with van der Waals surface area (Å²) in [6.07, 6.45) is 0.337. The maximum atomic E-state index is 11.6. The summed E-state index contributed by atoms with van der Waals surface area (Å²) in [6.45, 7) is 6.41. The van der Waals surface area contributed by atoms with Crippen LogP contribution < -0.4 is 9.47 Å². The molecule has 0 radical (unpaired) electrons. The average molecular weight is 298 g/mol. The summed E-state index contributed by atoms with van der Waals surface area (Å²) in [6, 6.07) is 15.6. The van der Waals surface area contributed by atoms with Crippen molar-refractivity contribution in [2.24, 2.45) is 0 Å². The van der Waals surface area contributed by atoms with Crippen molar-refractivity contribution in [2.75, 3.05) is 0 Å². The van der Waals surface area contributed by atoms with E-state index >= 15 is 0 Å². The average Bonchev–Trinajstić information content (AvgIpc) is 2.54. The lowest BCUT2D eigenvalue weighted by molar-refractivity contribution is -0.134. The van der Waals surface area contributed by atoms with E-state index in [9.17, 15) is 4.79 Å². The van der Waals surface area contributed by atoms with E-state index in [-0.39, 0.29) is 11.9 Å². The summed E-state index contributed by atoms with van der Waals surface area (Å²) in [7, 11) is 0. The molecular weight excluding hydrogens is 276 g/mol. The van der Waals surface area contributed by atoms with Crippen molar-refractivity contribution in [1.82, 2.24) is 0 Å². The third-order valence-electron chi connectivity index (χ3n) is 3.37. The Hall–Kier alpha value is -2.29. The second-order valence-corrected chi connectivity index (χ2v) is 5.43. The molecule has 0 aromatic heterocycles. The Kier molecular flexibility index (Phi) is 5.59. The van der Waals surface area contributed by atoms with Crippen LogP contribution in [0.5, 0.6) is 11.5 Å². The van der Waals surface area contributed by atoms with E-state index < -0.39 is 0 Å². The molecule has 2 aromatic rings. The minimum absolute atomic E-state index is 0.259. The van der Waals surface area contributed by atoms with Crippen molar-refractivity contribution in [2.45, 2.75) is 39.7 Å². The van der Waals surface area contributed by atoms with E-state index in [2.05, 4.69) is 13.8 Å². The van der Waals surface area contributed by atoms with E-state index in [1.807, 2.05) is 42.5 Å². The zero-order valence-electron chi connectivity index (χ0n) is 13.3. The molecule has 22 heavy (non-hydrogen) atoms.